The van der Waals surface area contributed by atoms with Crippen molar-refractivity contribution in [1.82, 2.24) is 4.98 Å². The van der Waals surface area contributed by atoms with Gasteiger partial charge in [0, 0.05) is 5.56 Å². The number of nitrogens with zero attached hydrogens (tertiary/aromatic N) is 1. The Kier molecular flexibility index (Phi) is 3.04. The molecule has 0 saturated heterocycles. The van der Waals surface area contributed by atoms with Crippen LogP contribution >= 0.6 is 0 Å². The Morgan fingerprint density at radius 1 is 1.20 bits per heavy atom. The molecule has 2 aromatic rings. The predicted molar refractivity (Wildman–Crippen MR) is 84.8 cm³/mol. The molecular weight excluding hydrogens is 244 g/mol. The first-order chi connectivity index (χ1) is 9.47. The van der Waals surface area contributed by atoms with Crippen LogP contribution in [0.15, 0.2) is 36.4 Å². The Morgan fingerprint density at radius 2 is 2.00 bits per heavy atom. The minimum absolute atomic E-state index is 0.248. The summed E-state index contributed by atoms with van der Waals surface area (Å²) in [6.07, 6.45) is 2.52. The first-order valence-corrected chi connectivity index (χ1v) is 7.35. The van der Waals surface area contributed by atoms with Gasteiger partial charge in [-0.3, -0.25) is 0 Å². The molecule has 2 nitrogen and oxygen atoms in total. The van der Waals surface area contributed by atoms with Gasteiger partial charge in [0.25, 0.3) is 0 Å². The Bertz CT molecular complexity index is 644. The average molecular weight is 266 g/mol. The molecule has 0 spiro atoms. The van der Waals surface area contributed by atoms with Crippen molar-refractivity contribution >= 4 is 5.82 Å². The van der Waals surface area contributed by atoms with E-state index >= 15 is 0 Å². The monoisotopic (exact) mass is 266 g/mol. The molecule has 1 aromatic heterocycles. The fourth-order valence-corrected chi connectivity index (χ4v) is 3.21. The van der Waals surface area contributed by atoms with Gasteiger partial charge in [0.1, 0.15) is 5.82 Å². The normalized spacial score (nSPS) is 20.4. The minimum atomic E-state index is 0.248. The fraction of sp³-hybridized carbons (Fsp3) is 0.389. The third kappa shape index (κ3) is 2.20. The molecule has 104 valence electrons. The number of fused-ring (bicyclic) bond motifs is 1. The van der Waals surface area contributed by atoms with Crippen LogP contribution in [0.2, 0.25) is 0 Å². The number of rotatable bonds is 1. The standard InChI is InChI=1S/C18H22N2/c1-12-9-10-18(2,3)15-11-13(7-8-14(12)15)16-5-4-6-17(19)20-16/h4-8,11-12H,9-10H2,1-3H3,(H2,19,20). The highest BCUT2D eigenvalue weighted by Gasteiger charge is 2.30. The summed E-state index contributed by atoms with van der Waals surface area (Å²) in [5, 5.41) is 0. The molecule has 20 heavy (non-hydrogen) atoms. The van der Waals surface area contributed by atoms with Gasteiger partial charge in [-0.25, -0.2) is 4.98 Å². The molecule has 0 aliphatic heterocycles. The number of benzene rings is 1. The maximum atomic E-state index is 5.80. The van der Waals surface area contributed by atoms with E-state index in [9.17, 15) is 0 Å². The Balaban J connectivity index is 2.13. The quantitative estimate of drug-likeness (QED) is 0.825. The zero-order chi connectivity index (χ0) is 14.3. The Labute approximate surface area is 121 Å². The predicted octanol–water partition coefficient (Wildman–Crippen LogP) is 4.51. The topological polar surface area (TPSA) is 38.9 Å². The van der Waals surface area contributed by atoms with Gasteiger partial charge in [-0.05, 0) is 53.5 Å². The molecule has 2 heteroatoms. The summed E-state index contributed by atoms with van der Waals surface area (Å²) in [6.45, 7) is 7.01. The van der Waals surface area contributed by atoms with Crippen LogP contribution in [0, 0.1) is 0 Å². The van der Waals surface area contributed by atoms with E-state index in [1.165, 1.54) is 29.5 Å². The molecular formula is C18H22N2. The van der Waals surface area contributed by atoms with E-state index in [2.05, 4.69) is 44.0 Å². The third-order valence-electron chi connectivity index (χ3n) is 4.58. The van der Waals surface area contributed by atoms with Crippen LogP contribution in [-0.4, -0.2) is 4.98 Å². The van der Waals surface area contributed by atoms with Crippen molar-refractivity contribution in [2.75, 3.05) is 5.73 Å². The SMILES string of the molecule is CC1CCC(C)(C)c2cc(-c3cccc(N)n3)ccc21. The van der Waals surface area contributed by atoms with Gasteiger partial charge >= 0.3 is 0 Å². The number of hydrogen-bond donors (Lipinski definition) is 1. The summed E-state index contributed by atoms with van der Waals surface area (Å²) >= 11 is 0. The molecule has 1 unspecified atom stereocenters. The van der Waals surface area contributed by atoms with E-state index in [0.29, 0.717) is 11.7 Å². The summed E-state index contributed by atoms with van der Waals surface area (Å²) in [4.78, 5) is 4.44. The van der Waals surface area contributed by atoms with Crippen molar-refractivity contribution in [3.8, 4) is 11.3 Å². The highest BCUT2D eigenvalue weighted by Crippen LogP contribution is 2.43. The lowest BCUT2D eigenvalue weighted by molar-refractivity contribution is 0.402. The van der Waals surface area contributed by atoms with Crippen LogP contribution in [0.1, 0.15) is 50.7 Å². The van der Waals surface area contributed by atoms with Crippen molar-refractivity contribution < 1.29 is 0 Å². The second kappa shape index (κ2) is 4.62. The smallest absolute Gasteiger partial charge is 0.124 e. The maximum Gasteiger partial charge on any atom is 0.124 e. The molecule has 0 bridgehead atoms. The van der Waals surface area contributed by atoms with E-state index < -0.39 is 0 Å². The molecule has 1 aliphatic carbocycles. The second-order valence-electron chi connectivity index (χ2n) is 6.57. The lowest BCUT2D eigenvalue weighted by Crippen LogP contribution is -2.25. The van der Waals surface area contributed by atoms with Gasteiger partial charge < -0.3 is 5.73 Å². The molecule has 0 fully saturated rings. The van der Waals surface area contributed by atoms with Crippen molar-refractivity contribution in [2.24, 2.45) is 0 Å². The molecule has 3 rings (SSSR count). The molecule has 0 saturated carbocycles. The number of hydrogen-bond acceptors (Lipinski definition) is 2. The lowest BCUT2D eigenvalue weighted by atomic mass is 9.69. The van der Waals surface area contributed by atoms with Gasteiger partial charge in [-0.1, -0.05) is 39.0 Å². The Hall–Kier alpha value is -1.83. The zero-order valence-corrected chi connectivity index (χ0v) is 12.5. The van der Waals surface area contributed by atoms with E-state index in [4.69, 9.17) is 5.73 Å². The number of pyridine rings is 1. The van der Waals surface area contributed by atoms with Crippen LogP contribution in [0.25, 0.3) is 11.3 Å². The Morgan fingerprint density at radius 3 is 2.75 bits per heavy atom. The van der Waals surface area contributed by atoms with Crippen molar-refractivity contribution in [2.45, 2.75) is 44.9 Å². The van der Waals surface area contributed by atoms with Crippen molar-refractivity contribution in [3.05, 3.63) is 47.5 Å². The molecule has 0 radical (unpaired) electrons. The number of nitrogens with two attached hydrogens (primary N) is 1. The van der Waals surface area contributed by atoms with Crippen LogP contribution in [0.5, 0.6) is 0 Å². The maximum absolute atomic E-state index is 5.80. The number of aromatic nitrogens is 1. The lowest BCUT2D eigenvalue weighted by Gasteiger charge is -2.36. The van der Waals surface area contributed by atoms with Gasteiger partial charge in [0.15, 0.2) is 0 Å². The largest absolute Gasteiger partial charge is 0.384 e. The second-order valence-corrected chi connectivity index (χ2v) is 6.57. The van der Waals surface area contributed by atoms with Crippen LogP contribution in [0.4, 0.5) is 5.82 Å². The van der Waals surface area contributed by atoms with E-state index in [0.717, 1.165) is 5.69 Å². The summed E-state index contributed by atoms with van der Waals surface area (Å²) < 4.78 is 0. The third-order valence-corrected chi connectivity index (χ3v) is 4.58. The van der Waals surface area contributed by atoms with Crippen molar-refractivity contribution in [1.29, 1.82) is 0 Å². The molecule has 1 atom stereocenters. The zero-order valence-electron chi connectivity index (χ0n) is 12.5. The van der Waals surface area contributed by atoms with E-state index in [1.807, 2.05) is 18.2 Å². The molecule has 0 amide bonds. The fourth-order valence-electron chi connectivity index (χ4n) is 3.21. The van der Waals surface area contributed by atoms with Gasteiger partial charge in [0.2, 0.25) is 0 Å². The number of nitrogen functional groups attached to an aromatic ring is 1. The number of anilines is 1. The summed E-state index contributed by atoms with van der Waals surface area (Å²) in [5.41, 5.74) is 11.1. The molecule has 1 aliphatic rings. The first kappa shape index (κ1) is 13.2. The summed E-state index contributed by atoms with van der Waals surface area (Å²) in [6, 6.07) is 12.6. The summed E-state index contributed by atoms with van der Waals surface area (Å²) in [5.74, 6) is 1.23. The molecule has 1 aromatic carbocycles. The van der Waals surface area contributed by atoms with Crippen LogP contribution in [-0.2, 0) is 5.41 Å². The highest BCUT2D eigenvalue weighted by molar-refractivity contribution is 5.63. The highest BCUT2D eigenvalue weighted by atomic mass is 14.8. The molecule has 2 N–H and O–H groups in total. The van der Waals surface area contributed by atoms with Gasteiger partial charge in [-0.2, -0.15) is 0 Å². The molecule has 1 heterocycles. The van der Waals surface area contributed by atoms with Crippen LogP contribution < -0.4 is 5.73 Å². The van der Waals surface area contributed by atoms with Crippen LogP contribution in [0.3, 0.4) is 0 Å². The van der Waals surface area contributed by atoms with E-state index in [1.54, 1.807) is 0 Å². The summed E-state index contributed by atoms with van der Waals surface area (Å²) in [7, 11) is 0. The van der Waals surface area contributed by atoms with Gasteiger partial charge in [0.05, 0.1) is 5.69 Å². The van der Waals surface area contributed by atoms with Gasteiger partial charge in [-0.15, -0.1) is 0 Å². The van der Waals surface area contributed by atoms with Crippen molar-refractivity contribution in [3.63, 3.8) is 0 Å². The first-order valence-electron chi connectivity index (χ1n) is 7.35. The average Bonchev–Trinajstić information content (AvgIpc) is 2.43. The van der Waals surface area contributed by atoms with E-state index in [-0.39, 0.29) is 5.41 Å². The minimum Gasteiger partial charge on any atom is -0.384 e.